The van der Waals surface area contributed by atoms with Gasteiger partial charge in [-0.15, -0.1) is 16.7 Å². The lowest BCUT2D eigenvalue weighted by molar-refractivity contribution is -0.0383. The van der Waals surface area contributed by atoms with Crippen molar-refractivity contribution in [1.29, 1.82) is 0 Å². The van der Waals surface area contributed by atoms with Gasteiger partial charge in [0.1, 0.15) is 23.4 Å². The van der Waals surface area contributed by atoms with Crippen molar-refractivity contribution in [2.75, 3.05) is 39.6 Å². The topological polar surface area (TPSA) is 229 Å². The quantitative estimate of drug-likeness (QED) is 0.105. The molecule has 4 rings (SSSR count). The Hall–Kier alpha value is -2.79. The number of aromatic nitrogens is 4. The van der Waals surface area contributed by atoms with Gasteiger partial charge < -0.3 is 34.0 Å². The van der Waals surface area contributed by atoms with Gasteiger partial charge in [-0.05, 0) is 4.31 Å². The zero-order valence-electron chi connectivity index (χ0n) is 22.7. The van der Waals surface area contributed by atoms with E-state index in [9.17, 15) is 18.8 Å². The number of hydrogen-bond acceptors (Lipinski definition) is 14. The number of nitrogen functional groups attached to an aromatic ring is 1. The highest BCUT2D eigenvalue weighted by Gasteiger charge is 2.41. The number of hydrogen-bond donors (Lipinski definition) is 4. The Morgan fingerprint density at radius 2 is 1.98 bits per heavy atom. The highest BCUT2D eigenvalue weighted by molar-refractivity contribution is 7.98. The van der Waals surface area contributed by atoms with Crippen LogP contribution in [0, 0.1) is 0 Å². The Labute approximate surface area is 244 Å². The first kappa shape index (κ1) is 32.1. The van der Waals surface area contributed by atoms with Crippen molar-refractivity contribution in [3.05, 3.63) is 34.4 Å². The summed E-state index contributed by atoms with van der Waals surface area (Å²) in [5, 5.41) is 0. The Balaban J connectivity index is 1.44. The number of aromatic amines is 1. The molecule has 3 heterocycles. The summed E-state index contributed by atoms with van der Waals surface area (Å²) < 4.78 is 61.8. The molecule has 17 nitrogen and oxygen atoms in total. The fourth-order valence-electron chi connectivity index (χ4n) is 4.34. The van der Waals surface area contributed by atoms with E-state index in [0.29, 0.717) is 29.4 Å². The Bertz CT molecular complexity index is 1500. The molecule has 3 aromatic rings. The van der Waals surface area contributed by atoms with Crippen LogP contribution < -0.4 is 25.5 Å². The van der Waals surface area contributed by atoms with Crippen molar-refractivity contribution in [2.24, 2.45) is 0 Å². The second kappa shape index (κ2) is 14.1. The molecule has 230 valence electrons. The minimum atomic E-state index is -4.83. The van der Waals surface area contributed by atoms with Crippen LogP contribution in [0.15, 0.2) is 23.3 Å². The molecule has 0 amide bonds. The zero-order valence-corrected chi connectivity index (χ0v) is 25.3. The number of ether oxygens (including phenoxy) is 5. The van der Waals surface area contributed by atoms with E-state index < -0.39 is 46.6 Å². The minimum Gasteiger partial charge on any atom is -0.496 e. The SMILES string of the molecule is COc1cc(OC)c(CSCO[C@H]2C[C@H](Cn3cnc4c(=O)[nH]c(N)nc43)OC2COP(=O)(O)O[P+](=O)O)c(OC)c1. The van der Waals surface area contributed by atoms with Crippen LogP contribution in [0.4, 0.5) is 5.95 Å². The number of nitrogens with one attached hydrogen (secondary N) is 1. The fraction of sp³-hybridized carbons (Fsp3) is 0.500. The zero-order chi connectivity index (χ0) is 30.4. The van der Waals surface area contributed by atoms with Gasteiger partial charge in [-0.3, -0.25) is 19.2 Å². The number of rotatable bonds is 15. The largest absolute Gasteiger partial charge is 0.705 e. The van der Waals surface area contributed by atoms with Crippen molar-refractivity contribution < 1.29 is 51.4 Å². The average molecular weight is 651 g/mol. The molecule has 1 fully saturated rings. The monoisotopic (exact) mass is 650 g/mol. The second-order valence-corrected chi connectivity index (χ2v) is 12.1. The normalized spacial score (nSPS) is 20.4. The lowest BCUT2D eigenvalue weighted by Crippen LogP contribution is -2.29. The first-order valence-corrected chi connectivity index (χ1v) is 16.0. The van der Waals surface area contributed by atoms with Crippen LogP contribution in [0.3, 0.4) is 0 Å². The van der Waals surface area contributed by atoms with Crippen LogP contribution in [0.5, 0.6) is 17.2 Å². The summed E-state index contributed by atoms with van der Waals surface area (Å²) in [5.74, 6) is 2.31. The molecular weight excluding hydrogens is 620 g/mol. The summed E-state index contributed by atoms with van der Waals surface area (Å²) >= 11 is 1.41. The Morgan fingerprint density at radius 3 is 2.62 bits per heavy atom. The molecule has 42 heavy (non-hydrogen) atoms. The summed E-state index contributed by atoms with van der Waals surface area (Å²) in [6, 6.07) is 3.49. The van der Waals surface area contributed by atoms with Crippen molar-refractivity contribution in [3.63, 3.8) is 0 Å². The van der Waals surface area contributed by atoms with Gasteiger partial charge in [-0.2, -0.15) is 4.98 Å². The molecule has 5 N–H and O–H groups in total. The number of fused-ring (bicyclic) bond motifs is 1. The second-order valence-electron chi connectivity index (χ2n) is 8.82. The predicted octanol–water partition coefficient (Wildman–Crippen LogP) is 1.94. The Kier molecular flexibility index (Phi) is 10.8. The molecule has 3 unspecified atom stereocenters. The van der Waals surface area contributed by atoms with Gasteiger partial charge >= 0.3 is 16.1 Å². The highest BCUT2D eigenvalue weighted by atomic mass is 32.2. The third kappa shape index (κ3) is 7.98. The maximum atomic E-state index is 12.1. The van der Waals surface area contributed by atoms with Gasteiger partial charge in [0.15, 0.2) is 11.2 Å². The van der Waals surface area contributed by atoms with Gasteiger partial charge in [0.05, 0.1) is 59.0 Å². The van der Waals surface area contributed by atoms with Crippen molar-refractivity contribution in [2.45, 2.75) is 37.0 Å². The molecule has 0 radical (unpaired) electrons. The summed E-state index contributed by atoms with van der Waals surface area (Å²) in [4.78, 5) is 41.3. The molecule has 2 aromatic heterocycles. The molecule has 1 aliphatic rings. The predicted molar refractivity (Wildman–Crippen MR) is 150 cm³/mol. The van der Waals surface area contributed by atoms with Gasteiger partial charge in [-0.25, -0.2) is 9.55 Å². The number of anilines is 1. The van der Waals surface area contributed by atoms with E-state index in [0.717, 1.165) is 5.56 Å². The standard InChI is InChI=1S/C22H29N5O12P2S/c1-33-12-4-15(34-2)14(16(5-12)35-3)9-42-11-36-17-6-13(38-18(17)8-37-41(31,32)39-40(29)30)7-27-10-24-19-20(27)25-22(23)26-21(19)28/h4-5,10,13,17-18H,6-9,11H2,1-3H3,(H4-,23,25,26,28,29,30,31,32)/p+1/t13-,17+,18?/m1/s1. The van der Waals surface area contributed by atoms with E-state index in [1.54, 1.807) is 38.0 Å². The third-order valence-corrected chi connectivity index (χ3v) is 8.83. The van der Waals surface area contributed by atoms with Gasteiger partial charge in [0.2, 0.25) is 5.95 Å². The molecule has 0 aliphatic carbocycles. The molecule has 1 saturated heterocycles. The number of thioether (sulfide) groups is 1. The van der Waals surface area contributed by atoms with Gasteiger partial charge in [-0.1, -0.05) is 0 Å². The maximum absolute atomic E-state index is 12.1. The number of nitrogens with two attached hydrogens (primary N) is 1. The number of benzene rings is 1. The molecule has 0 saturated carbocycles. The molecule has 1 aromatic carbocycles. The van der Waals surface area contributed by atoms with E-state index in [2.05, 4.69) is 19.3 Å². The first-order valence-electron chi connectivity index (χ1n) is 12.2. The van der Waals surface area contributed by atoms with Crippen LogP contribution in [0.1, 0.15) is 12.0 Å². The lowest BCUT2D eigenvalue weighted by Gasteiger charge is -2.19. The molecule has 20 heteroatoms. The summed E-state index contributed by atoms with van der Waals surface area (Å²) in [6.45, 7) is -0.273. The molecule has 0 bridgehead atoms. The van der Waals surface area contributed by atoms with Gasteiger partial charge in [0, 0.05) is 34.4 Å². The van der Waals surface area contributed by atoms with E-state index in [-0.39, 0.29) is 29.6 Å². The van der Waals surface area contributed by atoms with E-state index >= 15 is 0 Å². The number of phosphoric ester groups is 1. The molecule has 0 spiro atoms. The van der Waals surface area contributed by atoms with Crippen molar-refractivity contribution in [1.82, 2.24) is 19.5 Å². The third-order valence-electron chi connectivity index (χ3n) is 6.17. The average Bonchev–Trinajstić information content (AvgIpc) is 3.52. The summed E-state index contributed by atoms with van der Waals surface area (Å²) in [5.41, 5.74) is 6.35. The minimum absolute atomic E-state index is 0.0721. The van der Waals surface area contributed by atoms with Gasteiger partial charge in [0.25, 0.3) is 5.56 Å². The van der Waals surface area contributed by atoms with Crippen LogP contribution in [-0.4, -0.2) is 81.5 Å². The Morgan fingerprint density at radius 1 is 1.26 bits per heavy atom. The number of H-pyrrole nitrogens is 1. The van der Waals surface area contributed by atoms with Crippen LogP contribution in [0.2, 0.25) is 0 Å². The van der Waals surface area contributed by atoms with Crippen LogP contribution in [0.25, 0.3) is 11.2 Å². The van der Waals surface area contributed by atoms with E-state index in [4.69, 9.17) is 38.8 Å². The molecular formula is C22H30N5O12P2S+. The van der Waals surface area contributed by atoms with E-state index in [1.165, 1.54) is 18.1 Å². The lowest BCUT2D eigenvalue weighted by atomic mass is 10.1. The smallest absolute Gasteiger partial charge is 0.496 e. The van der Waals surface area contributed by atoms with Crippen molar-refractivity contribution in [3.8, 4) is 17.2 Å². The highest BCUT2D eigenvalue weighted by Crippen LogP contribution is 2.51. The first-order chi connectivity index (χ1) is 20.0. The fourth-order valence-corrected chi connectivity index (χ4v) is 6.42. The number of phosphoric acid groups is 1. The van der Waals surface area contributed by atoms with Crippen LogP contribution >= 0.6 is 27.8 Å². The van der Waals surface area contributed by atoms with E-state index in [1.807, 2.05) is 0 Å². The number of methoxy groups -OCH3 is 3. The van der Waals surface area contributed by atoms with Crippen molar-refractivity contribution >= 4 is 45.0 Å². The number of imidazole rings is 1. The van der Waals surface area contributed by atoms with Crippen LogP contribution in [-0.2, 0) is 39.7 Å². The molecule has 1 aliphatic heterocycles. The summed E-state index contributed by atoms with van der Waals surface area (Å²) in [6.07, 6.45) is -0.219. The summed E-state index contributed by atoms with van der Waals surface area (Å²) in [7, 11) is -3.59. The maximum Gasteiger partial charge on any atom is 0.705 e. The number of nitrogens with zero attached hydrogens (tertiary/aromatic N) is 3. The molecule has 5 atom stereocenters.